The molecular formula is C13H16F3NO. The summed E-state index contributed by atoms with van der Waals surface area (Å²) in [5, 5.41) is 0. The highest BCUT2D eigenvalue weighted by Crippen LogP contribution is 2.22. The van der Waals surface area contributed by atoms with E-state index in [0.29, 0.717) is 6.54 Å². The molecule has 2 N–H and O–H groups in total. The van der Waals surface area contributed by atoms with Gasteiger partial charge in [-0.2, -0.15) is 13.2 Å². The molecule has 0 aliphatic heterocycles. The first-order chi connectivity index (χ1) is 8.42. The van der Waals surface area contributed by atoms with Gasteiger partial charge in [0.05, 0.1) is 0 Å². The number of alkyl halides is 3. The predicted octanol–water partition coefficient (Wildman–Crippen LogP) is 2.99. The maximum absolute atomic E-state index is 11.9. The molecule has 1 aromatic carbocycles. The van der Waals surface area contributed by atoms with Crippen LogP contribution in [0.15, 0.2) is 24.3 Å². The van der Waals surface area contributed by atoms with Gasteiger partial charge in [0.2, 0.25) is 0 Å². The van der Waals surface area contributed by atoms with Crippen LogP contribution in [0.25, 0.3) is 0 Å². The number of benzene rings is 1. The lowest BCUT2D eigenvalue weighted by Crippen LogP contribution is -2.11. The zero-order chi connectivity index (χ0) is 13.6. The number of hydrogen-bond donors (Lipinski definition) is 1. The Balaban J connectivity index is 2.45. The molecule has 0 aromatic heterocycles. The third-order valence-electron chi connectivity index (χ3n) is 2.64. The van der Waals surface area contributed by atoms with E-state index in [1.54, 1.807) is 12.1 Å². The van der Waals surface area contributed by atoms with Crippen molar-refractivity contribution >= 4 is 5.78 Å². The average molecular weight is 259 g/mol. The third-order valence-corrected chi connectivity index (χ3v) is 2.64. The number of nitrogens with two attached hydrogens (primary N) is 1. The number of carbonyl (C=O) groups is 1. The second-order valence-electron chi connectivity index (χ2n) is 4.16. The summed E-state index contributed by atoms with van der Waals surface area (Å²) in [4.78, 5) is 11.6. The minimum Gasteiger partial charge on any atom is -0.326 e. The fourth-order valence-corrected chi connectivity index (χ4v) is 1.72. The number of carbonyl (C=O) groups excluding carboxylic acids is 1. The largest absolute Gasteiger partial charge is 0.389 e. The summed E-state index contributed by atoms with van der Waals surface area (Å²) in [7, 11) is 0. The molecule has 0 saturated carbocycles. The van der Waals surface area contributed by atoms with E-state index < -0.39 is 12.6 Å². The standard InChI is InChI=1S/C13H16F3NO/c14-13(15,16)7-3-6-12(18)8-10-4-1-2-5-11(10)9-17/h1-2,4-5H,3,6-9,17H2. The molecule has 0 saturated heterocycles. The van der Waals surface area contributed by atoms with E-state index in [0.717, 1.165) is 11.1 Å². The Bertz CT molecular complexity index is 401. The Morgan fingerprint density at radius 2 is 1.78 bits per heavy atom. The van der Waals surface area contributed by atoms with Crippen LogP contribution in [-0.2, 0) is 17.8 Å². The van der Waals surface area contributed by atoms with Crippen molar-refractivity contribution in [1.29, 1.82) is 0 Å². The fraction of sp³-hybridized carbons (Fsp3) is 0.462. The molecule has 2 nitrogen and oxygen atoms in total. The van der Waals surface area contributed by atoms with Crippen LogP contribution in [-0.4, -0.2) is 12.0 Å². The van der Waals surface area contributed by atoms with Crippen LogP contribution < -0.4 is 5.73 Å². The molecule has 5 heteroatoms. The molecule has 18 heavy (non-hydrogen) atoms. The Hall–Kier alpha value is -1.36. The van der Waals surface area contributed by atoms with E-state index in [2.05, 4.69) is 0 Å². The monoisotopic (exact) mass is 259 g/mol. The van der Waals surface area contributed by atoms with Gasteiger partial charge in [0.25, 0.3) is 0 Å². The number of hydrogen-bond acceptors (Lipinski definition) is 2. The van der Waals surface area contributed by atoms with Gasteiger partial charge in [-0.3, -0.25) is 4.79 Å². The highest BCUT2D eigenvalue weighted by molar-refractivity contribution is 5.81. The molecular weight excluding hydrogens is 243 g/mol. The summed E-state index contributed by atoms with van der Waals surface area (Å²) in [6, 6.07) is 7.21. The van der Waals surface area contributed by atoms with Gasteiger partial charge in [0.1, 0.15) is 5.78 Å². The molecule has 100 valence electrons. The van der Waals surface area contributed by atoms with E-state index >= 15 is 0 Å². The molecule has 0 radical (unpaired) electrons. The number of rotatable bonds is 6. The summed E-state index contributed by atoms with van der Waals surface area (Å²) in [6.07, 6.45) is -5.12. The van der Waals surface area contributed by atoms with Crippen LogP contribution >= 0.6 is 0 Å². The molecule has 1 rings (SSSR count). The zero-order valence-corrected chi connectivity index (χ0v) is 9.96. The maximum atomic E-state index is 11.9. The molecule has 0 unspecified atom stereocenters. The first-order valence-corrected chi connectivity index (χ1v) is 5.77. The van der Waals surface area contributed by atoms with Crippen LogP contribution in [0, 0.1) is 0 Å². The van der Waals surface area contributed by atoms with Crippen molar-refractivity contribution in [3.63, 3.8) is 0 Å². The molecule has 0 aliphatic carbocycles. The lowest BCUT2D eigenvalue weighted by Gasteiger charge is -2.08. The van der Waals surface area contributed by atoms with Crippen LogP contribution in [0.2, 0.25) is 0 Å². The summed E-state index contributed by atoms with van der Waals surface area (Å²) >= 11 is 0. The van der Waals surface area contributed by atoms with Crippen molar-refractivity contribution in [2.45, 2.75) is 38.4 Å². The van der Waals surface area contributed by atoms with E-state index in [-0.39, 0.29) is 25.0 Å². The predicted molar refractivity (Wildman–Crippen MR) is 63.0 cm³/mol. The Morgan fingerprint density at radius 3 is 2.33 bits per heavy atom. The van der Waals surface area contributed by atoms with Crippen molar-refractivity contribution in [3.8, 4) is 0 Å². The molecule has 0 amide bonds. The smallest absolute Gasteiger partial charge is 0.326 e. The first-order valence-electron chi connectivity index (χ1n) is 5.77. The van der Waals surface area contributed by atoms with Gasteiger partial charge >= 0.3 is 6.18 Å². The Morgan fingerprint density at radius 1 is 1.17 bits per heavy atom. The number of ketones is 1. The SMILES string of the molecule is NCc1ccccc1CC(=O)CCCC(F)(F)F. The van der Waals surface area contributed by atoms with E-state index in [4.69, 9.17) is 5.73 Å². The van der Waals surface area contributed by atoms with Gasteiger partial charge < -0.3 is 5.73 Å². The molecule has 1 aromatic rings. The first kappa shape index (κ1) is 14.7. The van der Waals surface area contributed by atoms with Crippen LogP contribution in [0.4, 0.5) is 13.2 Å². The molecule has 0 aliphatic rings. The van der Waals surface area contributed by atoms with Gasteiger partial charge in [0.15, 0.2) is 0 Å². The van der Waals surface area contributed by atoms with Gasteiger partial charge in [-0.25, -0.2) is 0 Å². The van der Waals surface area contributed by atoms with Crippen molar-refractivity contribution in [2.75, 3.05) is 0 Å². The third kappa shape index (κ3) is 5.31. The fourth-order valence-electron chi connectivity index (χ4n) is 1.72. The highest BCUT2D eigenvalue weighted by atomic mass is 19.4. The van der Waals surface area contributed by atoms with Gasteiger partial charge in [-0.1, -0.05) is 24.3 Å². The summed E-state index contributed by atoms with van der Waals surface area (Å²) in [5.74, 6) is -0.180. The number of Topliss-reactive ketones (excluding diaryl/α,β-unsaturated/α-hetero) is 1. The Labute approximate surface area is 104 Å². The second kappa shape index (κ2) is 6.54. The van der Waals surface area contributed by atoms with Crippen LogP contribution in [0.1, 0.15) is 30.4 Å². The minimum atomic E-state index is -4.19. The Kier molecular flexibility index (Phi) is 5.34. The second-order valence-corrected chi connectivity index (χ2v) is 4.16. The van der Waals surface area contributed by atoms with Crippen molar-refractivity contribution in [3.05, 3.63) is 35.4 Å². The maximum Gasteiger partial charge on any atom is 0.389 e. The van der Waals surface area contributed by atoms with Crippen LogP contribution in [0.5, 0.6) is 0 Å². The van der Waals surface area contributed by atoms with E-state index in [9.17, 15) is 18.0 Å². The topological polar surface area (TPSA) is 43.1 Å². The van der Waals surface area contributed by atoms with Crippen molar-refractivity contribution in [1.82, 2.24) is 0 Å². The molecule has 0 atom stereocenters. The highest BCUT2D eigenvalue weighted by Gasteiger charge is 2.26. The molecule has 0 fully saturated rings. The molecule has 0 spiro atoms. The molecule has 0 heterocycles. The lowest BCUT2D eigenvalue weighted by atomic mass is 10.00. The normalized spacial score (nSPS) is 11.6. The molecule has 0 bridgehead atoms. The van der Waals surface area contributed by atoms with Gasteiger partial charge in [-0.15, -0.1) is 0 Å². The van der Waals surface area contributed by atoms with Crippen molar-refractivity contribution < 1.29 is 18.0 Å². The van der Waals surface area contributed by atoms with Gasteiger partial charge in [0, 0.05) is 25.8 Å². The summed E-state index contributed by atoms with van der Waals surface area (Å²) in [5.41, 5.74) is 7.19. The quantitative estimate of drug-likeness (QED) is 0.853. The van der Waals surface area contributed by atoms with E-state index in [1.807, 2.05) is 12.1 Å². The number of halogens is 3. The summed E-state index contributed by atoms with van der Waals surface area (Å²) in [6.45, 7) is 0.325. The summed E-state index contributed by atoms with van der Waals surface area (Å²) < 4.78 is 35.8. The van der Waals surface area contributed by atoms with Gasteiger partial charge in [-0.05, 0) is 17.5 Å². The van der Waals surface area contributed by atoms with Crippen LogP contribution in [0.3, 0.4) is 0 Å². The minimum absolute atomic E-state index is 0.0432. The lowest BCUT2D eigenvalue weighted by molar-refractivity contribution is -0.137. The average Bonchev–Trinajstić information content (AvgIpc) is 2.28. The van der Waals surface area contributed by atoms with Crippen molar-refractivity contribution in [2.24, 2.45) is 5.73 Å². The van der Waals surface area contributed by atoms with E-state index in [1.165, 1.54) is 0 Å². The zero-order valence-electron chi connectivity index (χ0n) is 9.96.